The lowest BCUT2D eigenvalue weighted by Gasteiger charge is -2.11. The zero-order valence-corrected chi connectivity index (χ0v) is 5.18. The van der Waals surface area contributed by atoms with E-state index in [2.05, 4.69) is 6.58 Å². The first-order valence-electron chi connectivity index (χ1n) is 1.88. The summed E-state index contributed by atoms with van der Waals surface area (Å²) in [5.74, 6) is 0. The molecule has 0 amide bonds. The van der Waals surface area contributed by atoms with Crippen molar-refractivity contribution in [3.63, 3.8) is 0 Å². The standard InChI is InChI=1S/C3H5F2O3P/c1-2-3(4,5)9(6,7)8/h2H,1H2,(H2,6,7,8). The second-order valence-electron chi connectivity index (χ2n) is 1.34. The van der Waals surface area contributed by atoms with Gasteiger partial charge in [-0.15, -0.1) is 0 Å². The van der Waals surface area contributed by atoms with Gasteiger partial charge in [0.1, 0.15) is 0 Å². The van der Waals surface area contributed by atoms with Crippen LogP contribution in [0.2, 0.25) is 0 Å². The van der Waals surface area contributed by atoms with E-state index in [1.165, 1.54) is 0 Å². The van der Waals surface area contributed by atoms with Crippen molar-refractivity contribution in [2.75, 3.05) is 0 Å². The minimum Gasteiger partial charge on any atom is -0.320 e. The minimum atomic E-state index is -5.32. The van der Waals surface area contributed by atoms with Gasteiger partial charge in [0.25, 0.3) is 0 Å². The zero-order valence-electron chi connectivity index (χ0n) is 4.29. The highest BCUT2D eigenvalue weighted by Crippen LogP contribution is 2.53. The number of rotatable bonds is 2. The first-order chi connectivity index (χ1) is 3.81. The van der Waals surface area contributed by atoms with Gasteiger partial charge >= 0.3 is 13.3 Å². The Kier molecular flexibility index (Phi) is 2.11. The molecular weight excluding hydrogens is 153 g/mol. The molecule has 0 atom stereocenters. The lowest BCUT2D eigenvalue weighted by Crippen LogP contribution is -2.10. The molecule has 0 aliphatic carbocycles. The van der Waals surface area contributed by atoms with E-state index in [4.69, 9.17) is 9.79 Å². The molecule has 0 aromatic rings. The van der Waals surface area contributed by atoms with Crippen molar-refractivity contribution in [3.8, 4) is 0 Å². The van der Waals surface area contributed by atoms with Crippen LogP contribution in [0, 0.1) is 0 Å². The molecule has 0 saturated carbocycles. The molecule has 0 saturated heterocycles. The second-order valence-corrected chi connectivity index (χ2v) is 3.02. The van der Waals surface area contributed by atoms with Gasteiger partial charge in [-0.3, -0.25) is 4.57 Å². The molecule has 0 heterocycles. The Morgan fingerprint density at radius 1 is 1.56 bits per heavy atom. The van der Waals surface area contributed by atoms with Crippen molar-refractivity contribution in [2.24, 2.45) is 0 Å². The molecule has 6 heteroatoms. The highest BCUT2D eigenvalue weighted by molar-refractivity contribution is 7.53. The van der Waals surface area contributed by atoms with Crippen LogP contribution in [0.1, 0.15) is 0 Å². The number of allylic oxidation sites excluding steroid dienone is 1. The summed E-state index contributed by atoms with van der Waals surface area (Å²) in [6.07, 6.45) is -0.0756. The second kappa shape index (κ2) is 2.17. The Bertz CT molecular complexity index is 160. The maximum absolute atomic E-state index is 11.8. The lowest BCUT2D eigenvalue weighted by atomic mass is 10.7. The van der Waals surface area contributed by atoms with Crippen LogP contribution in [0.15, 0.2) is 12.7 Å². The average molecular weight is 158 g/mol. The summed E-state index contributed by atoms with van der Waals surface area (Å²) in [4.78, 5) is 15.7. The van der Waals surface area contributed by atoms with E-state index in [9.17, 15) is 13.3 Å². The van der Waals surface area contributed by atoms with Gasteiger partial charge in [0.15, 0.2) is 0 Å². The molecule has 54 valence electrons. The van der Waals surface area contributed by atoms with Crippen molar-refractivity contribution in [2.45, 2.75) is 5.66 Å². The van der Waals surface area contributed by atoms with E-state index in [1.807, 2.05) is 0 Å². The smallest absolute Gasteiger partial charge is 0.320 e. The van der Waals surface area contributed by atoms with E-state index < -0.39 is 13.3 Å². The molecule has 0 bridgehead atoms. The van der Waals surface area contributed by atoms with Crippen molar-refractivity contribution in [1.82, 2.24) is 0 Å². The van der Waals surface area contributed by atoms with Crippen LogP contribution in [0.3, 0.4) is 0 Å². The molecule has 0 aliphatic rings. The predicted molar refractivity (Wildman–Crippen MR) is 27.2 cm³/mol. The molecule has 9 heavy (non-hydrogen) atoms. The molecule has 0 aromatic heterocycles. The summed E-state index contributed by atoms with van der Waals surface area (Å²) < 4.78 is 33.3. The molecule has 0 fully saturated rings. The summed E-state index contributed by atoms with van der Waals surface area (Å²) in [6, 6.07) is 0. The van der Waals surface area contributed by atoms with Crippen LogP contribution in [0.5, 0.6) is 0 Å². The van der Waals surface area contributed by atoms with Gasteiger partial charge < -0.3 is 9.79 Å². The lowest BCUT2D eigenvalue weighted by molar-refractivity contribution is 0.108. The molecule has 0 unspecified atom stereocenters. The van der Waals surface area contributed by atoms with E-state index in [-0.39, 0.29) is 6.08 Å². The van der Waals surface area contributed by atoms with E-state index in [0.29, 0.717) is 0 Å². The highest BCUT2D eigenvalue weighted by atomic mass is 31.2. The van der Waals surface area contributed by atoms with Gasteiger partial charge in [-0.05, 0) is 6.08 Å². The first-order valence-corrected chi connectivity index (χ1v) is 3.49. The van der Waals surface area contributed by atoms with Crippen LogP contribution >= 0.6 is 7.60 Å². The summed E-state index contributed by atoms with van der Waals surface area (Å²) >= 11 is 0. The Morgan fingerprint density at radius 3 is 1.89 bits per heavy atom. The number of alkyl halides is 2. The largest absolute Gasteiger partial charge is 0.398 e. The van der Waals surface area contributed by atoms with E-state index in [1.54, 1.807) is 0 Å². The maximum atomic E-state index is 11.8. The predicted octanol–water partition coefficient (Wildman–Crippen LogP) is 0.943. The van der Waals surface area contributed by atoms with Crippen LogP contribution in [-0.2, 0) is 4.57 Å². The average Bonchev–Trinajstić information content (AvgIpc) is 1.64. The summed E-state index contributed by atoms with van der Waals surface area (Å²) in [7, 11) is -5.32. The van der Waals surface area contributed by atoms with Crippen molar-refractivity contribution < 1.29 is 23.1 Å². The molecule has 0 aromatic carbocycles. The number of hydrogen-bond acceptors (Lipinski definition) is 1. The van der Waals surface area contributed by atoms with Crippen molar-refractivity contribution in [3.05, 3.63) is 12.7 Å². The normalized spacial score (nSPS) is 13.3. The van der Waals surface area contributed by atoms with Crippen LogP contribution < -0.4 is 0 Å². The van der Waals surface area contributed by atoms with Gasteiger partial charge in [0.2, 0.25) is 0 Å². The molecule has 0 spiro atoms. The van der Waals surface area contributed by atoms with E-state index >= 15 is 0 Å². The summed E-state index contributed by atoms with van der Waals surface area (Å²) in [5, 5.41) is 0. The molecule has 3 nitrogen and oxygen atoms in total. The Balaban J connectivity index is 4.54. The number of halogens is 2. The van der Waals surface area contributed by atoms with Crippen molar-refractivity contribution >= 4 is 7.60 Å². The SMILES string of the molecule is C=CC(F)(F)P(=O)(O)O. The summed E-state index contributed by atoms with van der Waals surface area (Å²) in [5.41, 5.74) is -4.09. The Labute approximate surface area is 50.2 Å². The van der Waals surface area contributed by atoms with Crippen LogP contribution in [0.25, 0.3) is 0 Å². The Morgan fingerprint density at radius 2 is 1.89 bits per heavy atom. The van der Waals surface area contributed by atoms with Crippen LogP contribution in [0.4, 0.5) is 8.78 Å². The fraction of sp³-hybridized carbons (Fsp3) is 0.333. The molecular formula is C3H5F2O3P. The quantitative estimate of drug-likeness (QED) is 0.464. The highest BCUT2D eigenvalue weighted by Gasteiger charge is 2.45. The van der Waals surface area contributed by atoms with Gasteiger partial charge in [-0.2, -0.15) is 8.78 Å². The third-order valence-corrected chi connectivity index (χ3v) is 1.59. The van der Waals surface area contributed by atoms with Crippen molar-refractivity contribution in [1.29, 1.82) is 0 Å². The fourth-order valence-electron chi connectivity index (χ4n) is 0.119. The molecule has 0 radical (unpaired) electrons. The minimum absolute atomic E-state index is 0.0756. The molecule has 0 aliphatic heterocycles. The van der Waals surface area contributed by atoms with E-state index in [0.717, 1.165) is 0 Å². The van der Waals surface area contributed by atoms with Gasteiger partial charge in [0, 0.05) is 0 Å². The fourth-order valence-corrected chi connectivity index (χ4v) is 0.357. The van der Waals surface area contributed by atoms with Crippen LogP contribution in [-0.4, -0.2) is 15.5 Å². The third kappa shape index (κ3) is 1.86. The zero-order chi connectivity index (χ0) is 7.71. The first kappa shape index (κ1) is 8.75. The third-order valence-electron chi connectivity index (χ3n) is 0.634. The Hall–Kier alpha value is -0.250. The topological polar surface area (TPSA) is 57.5 Å². The van der Waals surface area contributed by atoms with Gasteiger partial charge in [0.05, 0.1) is 0 Å². The molecule has 2 N–H and O–H groups in total. The van der Waals surface area contributed by atoms with Gasteiger partial charge in [-0.1, -0.05) is 6.58 Å². The number of hydrogen-bond donors (Lipinski definition) is 2. The molecule has 0 rings (SSSR count). The monoisotopic (exact) mass is 158 g/mol. The summed E-state index contributed by atoms with van der Waals surface area (Å²) in [6.45, 7) is 2.56. The maximum Gasteiger partial charge on any atom is 0.398 e. The van der Waals surface area contributed by atoms with Gasteiger partial charge in [-0.25, -0.2) is 0 Å².